The van der Waals surface area contributed by atoms with Gasteiger partial charge < -0.3 is 4.52 Å². The first-order valence-corrected chi connectivity index (χ1v) is 10.2. The Morgan fingerprint density at radius 3 is 2.71 bits per heavy atom. The molecule has 0 radical (unpaired) electrons. The Balaban J connectivity index is 2.01. The van der Waals surface area contributed by atoms with E-state index in [1.54, 1.807) is 25.1 Å². The molecule has 1 aromatic heterocycles. The molecule has 1 heterocycles. The predicted molar refractivity (Wildman–Crippen MR) is 92.4 cm³/mol. The van der Waals surface area contributed by atoms with Gasteiger partial charge in [0.2, 0.25) is 10.0 Å². The molecule has 1 aromatic carbocycles. The zero-order valence-electron chi connectivity index (χ0n) is 13.2. The Bertz CT molecular complexity index is 887. The summed E-state index contributed by atoms with van der Waals surface area (Å²) in [6, 6.07) is 4.65. The standard InChI is InChI=1S/C16H17BrN2O4S/c1-9(19-24(2,21)22)13-7-11(17)5-6-12(13)15(20)14-8-18-23-16(14)10-3-4-10/h5-10,19H,3-4H2,1-2H3. The molecule has 128 valence electrons. The lowest BCUT2D eigenvalue weighted by Gasteiger charge is -2.17. The van der Waals surface area contributed by atoms with Crippen molar-refractivity contribution in [2.24, 2.45) is 0 Å². The lowest BCUT2D eigenvalue weighted by molar-refractivity contribution is 0.103. The van der Waals surface area contributed by atoms with E-state index in [1.165, 1.54) is 6.20 Å². The van der Waals surface area contributed by atoms with Gasteiger partial charge in [-0.15, -0.1) is 0 Å². The summed E-state index contributed by atoms with van der Waals surface area (Å²) in [4.78, 5) is 13.0. The SMILES string of the molecule is CC(NS(C)(=O)=O)c1cc(Br)ccc1C(=O)c1cnoc1C1CC1. The first-order chi connectivity index (χ1) is 11.3. The molecule has 2 aromatic rings. The zero-order chi connectivity index (χ0) is 17.5. The number of hydrogen-bond donors (Lipinski definition) is 1. The fraction of sp³-hybridized carbons (Fsp3) is 0.375. The highest BCUT2D eigenvalue weighted by Crippen LogP contribution is 2.42. The number of benzene rings is 1. The maximum atomic E-state index is 13.0. The number of carbonyl (C=O) groups excluding carboxylic acids is 1. The molecule has 1 aliphatic carbocycles. The van der Waals surface area contributed by atoms with Crippen LogP contribution in [0.5, 0.6) is 0 Å². The van der Waals surface area contributed by atoms with Crippen LogP contribution in [-0.2, 0) is 10.0 Å². The summed E-state index contributed by atoms with van der Waals surface area (Å²) in [6.45, 7) is 1.70. The van der Waals surface area contributed by atoms with Gasteiger partial charge in [0, 0.05) is 22.0 Å². The van der Waals surface area contributed by atoms with Crippen LogP contribution in [0, 0.1) is 0 Å². The van der Waals surface area contributed by atoms with E-state index in [0.717, 1.165) is 23.6 Å². The number of hydrogen-bond acceptors (Lipinski definition) is 5. The van der Waals surface area contributed by atoms with Crippen LogP contribution < -0.4 is 4.72 Å². The van der Waals surface area contributed by atoms with Crippen molar-refractivity contribution in [3.8, 4) is 0 Å². The van der Waals surface area contributed by atoms with Crippen LogP contribution in [0.1, 0.15) is 59.0 Å². The van der Waals surface area contributed by atoms with Crippen LogP contribution >= 0.6 is 15.9 Å². The van der Waals surface area contributed by atoms with Crippen LogP contribution in [0.3, 0.4) is 0 Å². The molecule has 1 fully saturated rings. The molecule has 24 heavy (non-hydrogen) atoms. The summed E-state index contributed by atoms with van der Waals surface area (Å²) in [5.74, 6) is 0.678. The third-order valence-electron chi connectivity index (χ3n) is 3.91. The van der Waals surface area contributed by atoms with Crippen molar-refractivity contribution in [1.82, 2.24) is 9.88 Å². The summed E-state index contributed by atoms with van der Waals surface area (Å²) >= 11 is 3.37. The van der Waals surface area contributed by atoms with E-state index in [2.05, 4.69) is 25.8 Å². The maximum absolute atomic E-state index is 13.0. The monoisotopic (exact) mass is 412 g/mol. The second kappa shape index (κ2) is 6.42. The van der Waals surface area contributed by atoms with E-state index < -0.39 is 16.1 Å². The molecule has 1 atom stereocenters. The average molecular weight is 413 g/mol. The third kappa shape index (κ3) is 3.76. The Labute approximate surface area is 148 Å². The van der Waals surface area contributed by atoms with E-state index >= 15 is 0 Å². The highest BCUT2D eigenvalue weighted by Gasteiger charge is 2.33. The highest BCUT2D eigenvalue weighted by molar-refractivity contribution is 9.10. The molecule has 0 aliphatic heterocycles. The minimum Gasteiger partial charge on any atom is -0.360 e. The van der Waals surface area contributed by atoms with Gasteiger partial charge in [0.15, 0.2) is 11.5 Å². The van der Waals surface area contributed by atoms with E-state index in [0.29, 0.717) is 22.5 Å². The van der Waals surface area contributed by atoms with Crippen LogP contribution in [0.25, 0.3) is 0 Å². The van der Waals surface area contributed by atoms with Crippen molar-refractivity contribution in [1.29, 1.82) is 0 Å². The number of halogens is 1. The molecular weight excluding hydrogens is 396 g/mol. The van der Waals surface area contributed by atoms with Gasteiger partial charge in [-0.2, -0.15) is 0 Å². The van der Waals surface area contributed by atoms with Crippen molar-refractivity contribution in [2.45, 2.75) is 31.7 Å². The normalized spacial score (nSPS) is 16.1. The fourth-order valence-electron chi connectivity index (χ4n) is 2.69. The number of aromatic nitrogens is 1. The zero-order valence-corrected chi connectivity index (χ0v) is 15.6. The molecule has 1 saturated carbocycles. The summed E-state index contributed by atoms with van der Waals surface area (Å²) < 4.78 is 31.6. The third-order valence-corrected chi connectivity index (χ3v) is 5.18. The van der Waals surface area contributed by atoms with E-state index in [4.69, 9.17) is 4.52 Å². The maximum Gasteiger partial charge on any atom is 0.209 e. The number of nitrogens with zero attached hydrogens (tertiary/aromatic N) is 1. The second-order valence-corrected chi connectivity index (χ2v) is 8.75. The lowest BCUT2D eigenvalue weighted by atomic mass is 9.95. The van der Waals surface area contributed by atoms with Gasteiger partial charge in [-0.05, 0) is 43.5 Å². The Morgan fingerprint density at radius 1 is 1.38 bits per heavy atom. The molecule has 0 spiro atoms. The Hall–Kier alpha value is -1.51. The fourth-order valence-corrected chi connectivity index (χ4v) is 3.84. The van der Waals surface area contributed by atoms with Gasteiger partial charge in [0.25, 0.3) is 0 Å². The smallest absolute Gasteiger partial charge is 0.209 e. The van der Waals surface area contributed by atoms with Gasteiger partial charge in [-0.25, -0.2) is 13.1 Å². The number of rotatable bonds is 6. The second-order valence-electron chi connectivity index (χ2n) is 6.05. The van der Waals surface area contributed by atoms with E-state index in [1.807, 2.05) is 0 Å². The molecule has 0 saturated heterocycles. The molecule has 0 amide bonds. The number of carbonyl (C=O) groups is 1. The summed E-state index contributed by atoms with van der Waals surface area (Å²) in [5.41, 5.74) is 1.49. The topological polar surface area (TPSA) is 89.3 Å². The molecule has 6 nitrogen and oxygen atoms in total. The summed E-state index contributed by atoms with van der Waals surface area (Å²) in [6.07, 6.45) is 4.52. The van der Waals surface area contributed by atoms with Crippen LogP contribution in [0.2, 0.25) is 0 Å². The number of ketones is 1. The van der Waals surface area contributed by atoms with Crippen molar-refractivity contribution in [3.63, 3.8) is 0 Å². The van der Waals surface area contributed by atoms with Gasteiger partial charge in [0.05, 0.1) is 18.0 Å². The van der Waals surface area contributed by atoms with Crippen molar-refractivity contribution >= 4 is 31.7 Å². The van der Waals surface area contributed by atoms with E-state index in [-0.39, 0.29) is 11.7 Å². The van der Waals surface area contributed by atoms with Crippen LogP contribution in [0.4, 0.5) is 0 Å². The Morgan fingerprint density at radius 2 is 2.08 bits per heavy atom. The molecular formula is C16H17BrN2O4S. The van der Waals surface area contributed by atoms with Gasteiger partial charge >= 0.3 is 0 Å². The molecule has 1 N–H and O–H groups in total. The largest absolute Gasteiger partial charge is 0.360 e. The minimum absolute atomic E-state index is 0.206. The van der Waals surface area contributed by atoms with Crippen LogP contribution in [-0.4, -0.2) is 25.6 Å². The van der Waals surface area contributed by atoms with Crippen molar-refractivity contribution in [3.05, 3.63) is 51.3 Å². The average Bonchev–Trinajstić information content (AvgIpc) is 3.22. The predicted octanol–water partition coefficient (Wildman–Crippen LogP) is 3.16. The molecule has 3 rings (SSSR count). The molecule has 8 heteroatoms. The van der Waals surface area contributed by atoms with Crippen molar-refractivity contribution in [2.75, 3.05) is 6.26 Å². The first kappa shape index (κ1) is 17.3. The van der Waals surface area contributed by atoms with Gasteiger partial charge in [0.1, 0.15) is 0 Å². The first-order valence-electron chi connectivity index (χ1n) is 7.52. The highest BCUT2D eigenvalue weighted by atomic mass is 79.9. The summed E-state index contributed by atoms with van der Waals surface area (Å²) in [7, 11) is -3.40. The molecule has 0 bridgehead atoms. The van der Waals surface area contributed by atoms with Crippen molar-refractivity contribution < 1.29 is 17.7 Å². The summed E-state index contributed by atoms with van der Waals surface area (Å²) in [5, 5.41) is 3.76. The number of nitrogens with one attached hydrogen (secondary N) is 1. The van der Waals surface area contributed by atoms with Crippen LogP contribution in [0.15, 0.2) is 33.4 Å². The molecule has 1 unspecified atom stereocenters. The quantitative estimate of drug-likeness (QED) is 0.735. The minimum atomic E-state index is -3.40. The number of sulfonamides is 1. The lowest BCUT2D eigenvalue weighted by Crippen LogP contribution is -2.26. The molecule has 1 aliphatic rings. The van der Waals surface area contributed by atoms with Gasteiger partial charge in [-0.3, -0.25) is 4.79 Å². The van der Waals surface area contributed by atoms with Gasteiger partial charge in [-0.1, -0.05) is 21.1 Å². The Kier molecular flexibility index (Phi) is 4.63. The van der Waals surface area contributed by atoms with E-state index in [9.17, 15) is 13.2 Å².